The van der Waals surface area contributed by atoms with E-state index in [0.717, 1.165) is 5.82 Å². The predicted molar refractivity (Wildman–Crippen MR) is 70.0 cm³/mol. The zero-order valence-electron chi connectivity index (χ0n) is 10.3. The summed E-state index contributed by atoms with van der Waals surface area (Å²) in [6.45, 7) is 1.78. The summed E-state index contributed by atoms with van der Waals surface area (Å²) in [6.07, 6.45) is 1.68. The molecule has 0 aliphatic carbocycles. The lowest BCUT2D eigenvalue weighted by atomic mass is 10.1. The van der Waals surface area contributed by atoms with E-state index in [0.29, 0.717) is 36.6 Å². The maximum atomic E-state index is 12.4. The maximum absolute atomic E-state index is 12.4. The first-order chi connectivity index (χ1) is 9.13. The zero-order chi connectivity index (χ0) is 13.4. The van der Waals surface area contributed by atoms with Crippen LogP contribution >= 0.6 is 0 Å². The zero-order valence-corrected chi connectivity index (χ0v) is 10.3. The molecule has 2 heterocycles. The van der Waals surface area contributed by atoms with Gasteiger partial charge in [0.2, 0.25) is 0 Å². The molecular formula is C12H14N6O. The van der Waals surface area contributed by atoms with Gasteiger partial charge in [0, 0.05) is 30.0 Å². The van der Waals surface area contributed by atoms with Gasteiger partial charge >= 0.3 is 0 Å². The Hall–Kier alpha value is -2.57. The lowest BCUT2D eigenvalue weighted by molar-refractivity contribution is 0.0707. The minimum atomic E-state index is -0.0896. The Morgan fingerprint density at radius 1 is 1.16 bits per heavy atom. The molecule has 0 saturated carbocycles. The number of fused-ring (bicyclic) bond motifs is 1. The van der Waals surface area contributed by atoms with Gasteiger partial charge in [-0.15, -0.1) is 10.2 Å². The van der Waals surface area contributed by atoms with E-state index in [-0.39, 0.29) is 5.91 Å². The fourth-order valence-corrected chi connectivity index (χ4v) is 2.22. The highest BCUT2D eigenvalue weighted by Gasteiger charge is 2.23. The number of carbonyl (C=O) groups excluding carboxylic acids is 1. The summed E-state index contributed by atoms with van der Waals surface area (Å²) >= 11 is 0. The molecule has 1 aromatic carbocycles. The van der Waals surface area contributed by atoms with Crippen molar-refractivity contribution in [3.8, 4) is 0 Å². The summed E-state index contributed by atoms with van der Waals surface area (Å²) in [5.41, 5.74) is 12.9. The summed E-state index contributed by atoms with van der Waals surface area (Å²) in [7, 11) is 0. The van der Waals surface area contributed by atoms with E-state index in [1.54, 1.807) is 29.4 Å². The Kier molecular flexibility index (Phi) is 2.59. The highest BCUT2D eigenvalue weighted by molar-refractivity contribution is 5.96. The average molecular weight is 258 g/mol. The molecule has 1 aromatic heterocycles. The smallest absolute Gasteiger partial charge is 0.254 e. The van der Waals surface area contributed by atoms with E-state index >= 15 is 0 Å². The van der Waals surface area contributed by atoms with Crippen LogP contribution in [0.25, 0.3) is 0 Å². The van der Waals surface area contributed by atoms with E-state index in [1.807, 2.05) is 4.57 Å². The molecule has 0 unspecified atom stereocenters. The number of nitrogens with zero attached hydrogens (tertiary/aromatic N) is 4. The number of hydrogen-bond acceptors (Lipinski definition) is 5. The van der Waals surface area contributed by atoms with Crippen LogP contribution in [0.1, 0.15) is 16.2 Å². The number of nitrogen functional groups attached to an aromatic ring is 2. The van der Waals surface area contributed by atoms with E-state index in [2.05, 4.69) is 10.2 Å². The molecule has 1 aliphatic heterocycles. The van der Waals surface area contributed by atoms with Crippen LogP contribution in [-0.2, 0) is 13.1 Å². The molecule has 7 nitrogen and oxygen atoms in total. The molecule has 7 heteroatoms. The lowest BCUT2D eigenvalue weighted by Gasteiger charge is -2.27. The molecule has 98 valence electrons. The van der Waals surface area contributed by atoms with Gasteiger partial charge in [0.05, 0.1) is 6.54 Å². The number of rotatable bonds is 1. The Bertz CT molecular complexity index is 615. The number of aromatic nitrogens is 3. The number of anilines is 2. The third-order valence-corrected chi connectivity index (χ3v) is 3.15. The topological polar surface area (TPSA) is 103 Å². The van der Waals surface area contributed by atoms with Crippen molar-refractivity contribution >= 4 is 17.3 Å². The van der Waals surface area contributed by atoms with E-state index in [1.165, 1.54) is 0 Å². The van der Waals surface area contributed by atoms with Crippen molar-refractivity contribution in [3.63, 3.8) is 0 Å². The van der Waals surface area contributed by atoms with Gasteiger partial charge < -0.3 is 20.9 Å². The van der Waals surface area contributed by atoms with Crippen molar-refractivity contribution in [1.29, 1.82) is 0 Å². The van der Waals surface area contributed by atoms with Crippen molar-refractivity contribution < 1.29 is 4.79 Å². The van der Waals surface area contributed by atoms with Crippen LogP contribution in [0.5, 0.6) is 0 Å². The maximum Gasteiger partial charge on any atom is 0.254 e. The van der Waals surface area contributed by atoms with Crippen molar-refractivity contribution in [2.45, 2.75) is 13.1 Å². The van der Waals surface area contributed by atoms with E-state index in [4.69, 9.17) is 11.5 Å². The highest BCUT2D eigenvalue weighted by Crippen LogP contribution is 2.18. The summed E-state index contributed by atoms with van der Waals surface area (Å²) in [6, 6.07) is 4.90. The molecule has 0 saturated heterocycles. The van der Waals surface area contributed by atoms with Crippen molar-refractivity contribution in [2.24, 2.45) is 0 Å². The van der Waals surface area contributed by atoms with Gasteiger partial charge in [-0.05, 0) is 18.2 Å². The second kappa shape index (κ2) is 4.27. The van der Waals surface area contributed by atoms with Crippen molar-refractivity contribution in [2.75, 3.05) is 18.0 Å². The van der Waals surface area contributed by atoms with Gasteiger partial charge in [-0.3, -0.25) is 4.79 Å². The molecule has 4 N–H and O–H groups in total. The van der Waals surface area contributed by atoms with Crippen LogP contribution in [0.15, 0.2) is 24.5 Å². The first-order valence-electron chi connectivity index (χ1n) is 5.95. The molecule has 2 aromatic rings. The molecule has 3 rings (SSSR count). The van der Waals surface area contributed by atoms with Crippen LogP contribution in [0.4, 0.5) is 11.4 Å². The second-order valence-corrected chi connectivity index (χ2v) is 4.56. The molecule has 0 atom stereocenters. The monoisotopic (exact) mass is 258 g/mol. The minimum absolute atomic E-state index is 0.0896. The van der Waals surface area contributed by atoms with Crippen molar-refractivity contribution in [3.05, 3.63) is 35.9 Å². The Labute approximate surface area is 109 Å². The Morgan fingerprint density at radius 2 is 1.89 bits per heavy atom. The molecule has 1 aliphatic rings. The third-order valence-electron chi connectivity index (χ3n) is 3.15. The number of carbonyl (C=O) groups is 1. The first kappa shape index (κ1) is 11.5. The summed E-state index contributed by atoms with van der Waals surface area (Å²) in [5, 5.41) is 7.82. The summed E-state index contributed by atoms with van der Waals surface area (Å²) in [4.78, 5) is 14.1. The van der Waals surface area contributed by atoms with Crippen LogP contribution in [0, 0.1) is 0 Å². The van der Waals surface area contributed by atoms with Crippen molar-refractivity contribution in [1.82, 2.24) is 19.7 Å². The SMILES string of the molecule is Nc1cc(N)cc(C(=O)N2CCn3cnnc3C2)c1. The van der Waals surface area contributed by atoms with Gasteiger partial charge in [0.25, 0.3) is 5.91 Å². The molecule has 0 fully saturated rings. The number of hydrogen-bond donors (Lipinski definition) is 2. The van der Waals surface area contributed by atoms with Gasteiger partial charge in [-0.1, -0.05) is 0 Å². The van der Waals surface area contributed by atoms with E-state index in [9.17, 15) is 4.79 Å². The Morgan fingerprint density at radius 3 is 2.63 bits per heavy atom. The molecule has 0 spiro atoms. The molecule has 0 radical (unpaired) electrons. The standard InChI is InChI=1S/C12H14N6O/c13-9-3-8(4-10(14)5-9)12(19)17-1-2-18-7-15-16-11(18)6-17/h3-5,7H,1-2,6,13-14H2. The average Bonchev–Trinajstić information content (AvgIpc) is 2.83. The lowest BCUT2D eigenvalue weighted by Crippen LogP contribution is -2.38. The van der Waals surface area contributed by atoms with Gasteiger partial charge in [-0.2, -0.15) is 0 Å². The highest BCUT2D eigenvalue weighted by atomic mass is 16.2. The van der Waals surface area contributed by atoms with Gasteiger partial charge in [0.1, 0.15) is 6.33 Å². The van der Waals surface area contributed by atoms with Crippen LogP contribution in [0.3, 0.4) is 0 Å². The number of benzene rings is 1. The normalized spacial score (nSPS) is 14.2. The van der Waals surface area contributed by atoms with E-state index < -0.39 is 0 Å². The minimum Gasteiger partial charge on any atom is -0.399 e. The predicted octanol–water partition coefficient (Wildman–Crippen LogP) is 0.0985. The molecule has 1 amide bonds. The Balaban J connectivity index is 1.85. The van der Waals surface area contributed by atoms with Crippen LogP contribution < -0.4 is 11.5 Å². The molecule has 0 bridgehead atoms. The molecular weight excluding hydrogens is 244 g/mol. The number of nitrogens with two attached hydrogens (primary N) is 2. The summed E-state index contributed by atoms with van der Waals surface area (Å²) in [5.74, 6) is 0.699. The van der Waals surface area contributed by atoms with Crippen LogP contribution in [0.2, 0.25) is 0 Å². The third kappa shape index (κ3) is 2.10. The fraction of sp³-hybridized carbons (Fsp3) is 0.250. The second-order valence-electron chi connectivity index (χ2n) is 4.56. The number of amides is 1. The van der Waals surface area contributed by atoms with Gasteiger partial charge in [-0.25, -0.2) is 0 Å². The fourth-order valence-electron chi connectivity index (χ4n) is 2.22. The largest absolute Gasteiger partial charge is 0.399 e. The molecule has 19 heavy (non-hydrogen) atoms. The van der Waals surface area contributed by atoms with Gasteiger partial charge in [0.15, 0.2) is 5.82 Å². The first-order valence-corrected chi connectivity index (χ1v) is 5.95. The van der Waals surface area contributed by atoms with Crippen LogP contribution in [-0.4, -0.2) is 32.1 Å². The summed E-state index contributed by atoms with van der Waals surface area (Å²) < 4.78 is 1.94. The quantitative estimate of drug-likeness (QED) is 0.706.